The predicted octanol–water partition coefficient (Wildman–Crippen LogP) is 3.37. The molecule has 29 heavy (non-hydrogen) atoms. The van der Waals surface area contributed by atoms with Crippen LogP contribution in [0.15, 0.2) is 36.4 Å². The lowest BCUT2D eigenvalue weighted by Gasteiger charge is -2.09. The van der Waals surface area contributed by atoms with Crippen molar-refractivity contribution in [2.45, 2.75) is 27.3 Å². The smallest absolute Gasteiger partial charge is 0.278 e. The number of amides is 2. The van der Waals surface area contributed by atoms with E-state index in [4.69, 9.17) is 0 Å². The van der Waals surface area contributed by atoms with E-state index in [1.807, 2.05) is 32.0 Å². The maximum Gasteiger partial charge on any atom is 0.278 e. The summed E-state index contributed by atoms with van der Waals surface area (Å²) in [5.74, 6) is -2.67. The van der Waals surface area contributed by atoms with Gasteiger partial charge in [0.1, 0.15) is 18.2 Å². The average Bonchev–Trinajstić information content (AvgIpc) is 3.01. The first kappa shape index (κ1) is 20.1. The summed E-state index contributed by atoms with van der Waals surface area (Å²) in [6.07, 6.45) is 0. The number of nitrogens with one attached hydrogen (secondary N) is 2. The molecule has 3 rings (SSSR count). The van der Waals surface area contributed by atoms with Gasteiger partial charge in [0.25, 0.3) is 5.91 Å². The number of nitrogens with zero attached hydrogens (tertiary/aromatic N) is 3. The van der Waals surface area contributed by atoms with Crippen molar-refractivity contribution in [2.24, 2.45) is 0 Å². The van der Waals surface area contributed by atoms with Gasteiger partial charge in [-0.2, -0.15) is 0 Å². The first-order chi connectivity index (χ1) is 13.7. The van der Waals surface area contributed by atoms with E-state index in [-0.39, 0.29) is 17.9 Å². The Morgan fingerprint density at radius 3 is 2.48 bits per heavy atom. The second-order valence-electron chi connectivity index (χ2n) is 6.63. The summed E-state index contributed by atoms with van der Waals surface area (Å²) in [6, 6.07) is 8.52. The Morgan fingerprint density at radius 2 is 1.76 bits per heavy atom. The van der Waals surface area contributed by atoms with E-state index in [0.29, 0.717) is 17.4 Å². The van der Waals surface area contributed by atoms with Crippen LogP contribution in [0.1, 0.15) is 27.3 Å². The predicted molar refractivity (Wildman–Crippen MR) is 104 cm³/mol. The number of aromatic nitrogens is 3. The lowest BCUT2D eigenvalue weighted by Crippen LogP contribution is -2.21. The quantitative estimate of drug-likeness (QED) is 0.688. The maximum atomic E-state index is 13.7. The molecule has 150 valence electrons. The highest BCUT2D eigenvalue weighted by Crippen LogP contribution is 2.18. The minimum atomic E-state index is -0.887. The molecule has 9 heteroatoms. The minimum Gasteiger partial charge on any atom is -0.322 e. The van der Waals surface area contributed by atoms with Gasteiger partial charge in [0.2, 0.25) is 5.91 Å². The normalized spacial score (nSPS) is 10.7. The van der Waals surface area contributed by atoms with E-state index >= 15 is 0 Å². The number of benzene rings is 2. The summed E-state index contributed by atoms with van der Waals surface area (Å²) in [5, 5.41) is 12.8. The second kappa shape index (κ2) is 8.17. The van der Waals surface area contributed by atoms with Gasteiger partial charge in [0.05, 0.1) is 11.4 Å². The van der Waals surface area contributed by atoms with Crippen LogP contribution in [0.25, 0.3) is 0 Å². The zero-order chi connectivity index (χ0) is 21.1. The van der Waals surface area contributed by atoms with E-state index in [9.17, 15) is 18.4 Å². The summed E-state index contributed by atoms with van der Waals surface area (Å²) < 4.78 is 27.8. The van der Waals surface area contributed by atoms with Crippen LogP contribution in [0.2, 0.25) is 0 Å². The topological polar surface area (TPSA) is 88.9 Å². The van der Waals surface area contributed by atoms with Gasteiger partial charge in [-0.15, -0.1) is 5.10 Å². The molecule has 0 aliphatic heterocycles. The molecule has 0 fully saturated rings. The van der Waals surface area contributed by atoms with Crippen LogP contribution >= 0.6 is 0 Å². The molecule has 1 heterocycles. The average molecular weight is 399 g/mol. The van der Waals surface area contributed by atoms with Crippen LogP contribution in [0.3, 0.4) is 0 Å². The molecule has 0 bridgehead atoms. The summed E-state index contributed by atoms with van der Waals surface area (Å²) >= 11 is 0. The molecule has 0 saturated heterocycles. The molecule has 3 aromatic rings. The Kier molecular flexibility index (Phi) is 5.67. The van der Waals surface area contributed by atoms with Gasteiger partial charge >= 0.3 is 0 Å². The Morgan fingerprint density at radius 1 is 1.00 bits per heavy atom. The van der Waals surface area contributed by atoms with Crippen LogP contribution in [-0.2, 0) is 11.3 Å². The lowest BCUT2D eigenvalue weighted by molar-refractivity contribution is -0.117. The highest BCUT2D eigenvalue weighted by atomic mass is 19.1. The Balaban J connectivity index is 1.70. The molecule has 0 radical (unpaired) electrons. The third kappa shape index (κ3) is 4.63. The van der Waals surface area contributed by atoms with Gasteiger partial charge in [-0.05, 0) is 50.1 Å². The van der Waals surface area contributed by atoms with Gasteiger partial charge in [-0.1, -0.05) is 17.3 Å². The van der Waals surface area contributed by atoms with Gasteiger partial charge in [-0.3, -0.25) is 9.59 Å². The molecule has 2 N–H and O–H groups in total. The number of rotatable bonds is 5. The van der Waals surface area contributed by atoms with Crippen molar-refractivity contribution in [3.05, 3.63) is 70.5 Å². The molecule has 2 amide bonds. The third-order valence-corrected chi connectivity index (χ3v) is 4.34. The first-order valence-electron chi connectivity index (χ1n) is 8.78. The first-order valence-corrected chi connectivity index (χ1v) is 8.78. The minimum absolute atomic E-state index is 0.0756. The lowest BCUT2D eigenvalue weighted by atomic mass is 10.1. The molecule has 0 saturated carbocycles. The summed E-state index contributed by atoms with van der Waals surface area (Å²) in [5.41, 5.74) is 2.86. The Hall–Kier alpha value is -3.62. The molecule has 0 aliphatic carbocycles. The number of anilines is 2. The second-order valence-corrected chi connectivity index (χ2v) is 6.63. The summed E-state index contributed by atoms with van der Waals surface area (Å²) in [4.78, 5) is 24.7. The fourth-order valence-electron chi connectivity index (χ4n) is 2.69. The molecular weight excluding hydrogens is 380 g/mol. The Bertz CT molecular complexity index is 1090. The molecule has 0 unspecified atom stereocenters. The van der Waals surface area contributed by atoms with Crippen LogP contribution < -0.4 is 10.6 Å². The highest BCUT2D eigenvalue weighted by molar-refractivity contribution is 6.04. The molecule has 0 spiro atoms. The molecule has 1 aromatic heterocycles. The van der Waals surface area contributed by atoms with E-state index in [1.165, 1.54) is 4.68 Å². The molecule has 0 aliphatic rings. The van der Waals surface area contributed by atoms with Crippen molar-refractivity contribution < 1.29 is 18.4 Å². The zero-order valence-corrected chi connectivity index (χ0v) is 16.1. The number of carbonyl (C=O) groups is 2. The molecule has 2 aromatic carbocycles. The van der Waals surface area contributed by atoms with Crippen molar-refractivity contribution in [2.75, 3.05) is 10.6 Å². The molecular formula is C20H19F2N5O2. The van der Waals surface area contributed by atoms with Crippen LogP contribution in [0.5, 0.6) is 0 Å². The fourth-order valence-corrected chi connectivity index (χ4v) is 2.69. The van der Waals surface area contributed by atoms with Gasteiger partial charge < -0.3 is 10.6 Å². The van der Waals surface area contributed by atoms with Gasteiger partial charge in [-0.25, -0.2) is 13.5 Å². The fraction of sp³-hybridized carbons (Fsp3) is 0.200. The number of hydrogen-bond acceptors (Lipinski definition) is 4. The number of hydrogen-bond donors (Lipinski definition) is 2. The van der Waals surface area contributed by atoms with Gasteiger partial charge in [0, 0.05) is 11.8 Å². The van der Waals surface area contributed by atoms with Crippen LogP contribution in [0.4, 0.5) is 20.2 Å². The van der Waals surface area contributed by atoms with Crippen molar-refractivity contribution in [3.63, 3.8) is 0 Å². The zero-order valence-electron chi connectivity index (χ0n) is 16.1. The van der Waals surface area contributed by atoms with Crippen molar-refractivity contribution >= 4 is 23.2 Å². The van der Waals surface area contributed by atoms with E-state index < -0.39 is 23.4 Å². The highest BCUT2D eigenvalue weighted by Gasteiger charge is 2.19. The van der Waals surface area contributed by atoms with E-state index in [0.717, 1.165) is 23.3 Å². The van der Waals surface area contributed by atoms with E-state index in [2.05, 4.69) is 20.9 Å². The monoisotopic (exact) mass is 399 g/mol. The number of aryl methyl sites for hydroxylation is 2. The van der Waals surface area contributed by atoms with Crippen molar-refractivity contribution in [1.82, 2.24) is 15.0 Å². The standard InChI is InChI=1S/C20H19F2N5O2/c1-11-4-5-12(2)17(8-11)24-20(29)19-13(3)27(26-25-19)10-18(28)23-16-7-6-14(21)9-15(16)22/h4-9H,10H2,1-3H3,(H,23,28)(H,24,29). The third-order valence-electron chi connectivity index (χ3n) is 4.34. The number of halogens is 2. The van der Waals surface area contributed by atoms with E-state index in [1.54, 1.807) is 6.92 Å². The molecule has 7 nitrogen and oxygen atoms in total. The summed E-state index contributed by atoms with van der Waals surface area (Å²) in [7, 11) is 0. The van der Waals surface area contributed by atoms with Crippen molar-refractivity contribution in [3.8, 4) is 0 Å². The summed E-state index contributed by atoms with van der Waals surface area (Å²) in [6.45, 7) is 5.10. The molecule has 0 atom stereocenters. The SMILES string of the molecule is Cc1ccc(C)c(NC(=O)c2nnn(CC(=O)Nc3ccc(F)cc3F)c2C)c1. The Labute approximate surface area is 165 Å². The largest absolute Gasteiger partial charge is 0.322 e. The van der Waals surface area contributed by atoms with Crippen molar-refractivity contribution in [1.29, 1.82) is 0 Å². The maximum absolute atomic E-state index is 13.7. The van der Waals surface area contributed by atoms with Crippen LogP contribution in [0, 0.1) is 32.4 Å². The number of carbonyl (C=O) groups excluding carboxylic acids is 2. The van der Waals surface area contributed by atoms with Crippen LogP contribution in [-0.4, -0.2) is 26.8 Å². The van der Waals surface area contributed by atoms with Gasteiger partial charge in [0.15, 0.2) is 5.69 Å².